The molecule has 2 unspecified atom stereocenters. The van der Waals surface area contributed by atoms with Gasteiger partial charge < -0.3 is 15.5 Å². The Morgan fingerprint density at radius 1 is 1.22 bits per heavy atom. The molecule has 0 aliphatic carbocycles. The second-order valence-corrected chi connectivity index (χ2v) is 11.5. The van der Waals surface area contributed by atoms with Gasteiger partial charge in [-0.05, 0) is 48.2 Å². The van der Waals surface area contributed by atoms with Crippen LogP contribution >= 0.6 is 23.2 Å². The molecule has 2 atom stereocenters. The van der Waals surface area contributed by atoms with Gasteiger partial charge in [0.1, 0.15) is 6.04 Å². The van der Waals surface area contributed by atoms with Gasteiger partial charge in [0, 0.05) is 39.3 Å². The highest BCUT2D eigenvalue weighted by atomic mass is 35.5. The first-order valence-electron chi connectivity index (χ1n) is 11.5. The molecule has 0 aromatic heterocycles. The highest BCUT2D eigenvalue weighted by molar-refractivity contribution is 7.87. The summed E-state index contributed by atoms with van der Waals surface area (Å²) in [7, 11) is -1.10. The molecule has 0 saturated carbocycles. The number of halogens is 2. The molecule has 0 spiro atoms. The van der Waals surface area contributed by atoms with Gasteiger partial charge in [0.15, 0.2) is 0 Å². The van der Waals surface area contributed by atoms with Gasteiger partial charge >= 0.3 is 16.2 Å². The summed E-state index contributed by atoms with van der Waals surface area (Å²) in [6, 6.07) is 10.8. The average Bonchev–Trinajstić information content (AvgIpc) is 3.23. The zero-order valence-corrected chi connectivity index (χ0v) is 22.5. The van der Waals surface area contributed by atoms with E-state index in [1.807, 2.05) is 15.7 Å². The molecule has 0 radical (unpaired) electrons. The van der Waals surface area contributed by atoms with Crippen LogP contribution in [0, 0.1) is 11.3 Å². The van der Waals surface area contributed by atoms with Crippen molar-refractivity contribution >= 4 is 51.0 Å². The van der Waals surface area contributed by atoms with E-state index in [2.05, 4.69) is 16.7 Å². The minimum atomic E-state index is -4.20. The number of urea groups is 1. The fraction of sp³-hybridized carbons (Fsp3) is 0.375. The Morgan fingerprint density at radius 2 is 1.97 bits per heavy atom. The lowest BCUT2D eigenvalue weighted by Gasteiger charge is -2.43. The fourth-order valence-electron chi connectivity index (χ4n) is 4.94. The van der Waals surface area contributed by atoms with Crippen molar-refractivity contribution in [2.24, 2.45) is 0 Å². The van der Waals surface area contributed by atoms with E-state index >= 15 is 0 Å². The van der Waals surface area contributed by atoms with Crippen LogP contribution < -0.4 is 20.3 Å². The smallest absolute Gasteiger partial charge is 0.329 e. The molecule has 2 aliphatic rings. The normalized spacial score (nSPS) is 21.6. The van der Waals surface area contributed by atoms with Crippen LogP contribution in [0.25, 0.3) is 0 Å². The van der Waals surface area contributed by atoms with Gasteiger partial charge in [-0.15, -0.1) is 0 Å². The second kappa shape index (κ2) is 10.4. The molecular formula is C24H26Cl2N6O4S. The highest BCUT2D eigenvalue weighted by Crippen LogP contribution is 2.40. The van der Waals surface area contributed by atoms with E-state index in [9.17, 15) is 23.3 Å². The van der Waals surface area contributed by atoms with E-state index in [4.69, 9.17) is 23.2 Å². The lowest BCUT2D eigenvalue weighted by Crippen LogP contribution is -2.61. The van der Waals surface area contributed by atoms with Crippen molar-refractivity contribution in [1.82, 2.24) is 19.7 Å². The largest absolute Gasteiger partial charge is 0.362 e. The summed E-state index contributed by atoms with van der Waals surface area (Å²) >= 11 is 12.6. The predicted octanol–water partition coefficient (Wildman–Crippen LogP) is 2.51. The summed E-state index contributed by atoms with van der Waals surface area (Å²) in [5.41, 5.74) is 1.38. The number of fused-ring (bicyclic) bond motifs is 1. The number of nitriles is 1. The van der Waals surface area contributed by atoms with Gasteiger partial charge in [-0.2, -0.15) is 18.0 Å². The molecule has 13 heteroatoms. The summed E-state index contributed by atoms with van der Waals surface area (Å²) in [5, 5.41) is 15.6. The molecule has 37 heavy (non-hydrogen) atoms. The summed E-state index contributed by atoms with van der Waals surface area (Å²) in [6.45, 7) is 0.0285. The van der Waals surface area contributed by atoms with E-state index in [0.717, 1.165) is 15.6 Å². The number of nitrogens with one attached hydrogen (secondary N) is 3. The Balaban J connectivity index is 1.69. The van der Waals surface area contributed by atoms with Crippen LogP contribution in [0.3, 0.4) is 0 Å². The first-order chi connectivity index (χ1) is 17.5. The summed E-state index contributed by atoms with van der Waals surface area (Å²) in [6.07, 6.45) is 1.16. The molecule has 0 bridgehead atoms. The number of amides is 3. The van der Waals surface area contributed by atoms with Crippen molar-refractivity contribution in [1.29, 1.82) is 5.26 Å². The van der Waals surface area contributed by atoms with Crippen molar-refractivity contribution < 1.29 is 18.0 Å². The Kier molecular flexibility index (Phi) is 7.57. The number of nitrogens with zero attached hydrogens (tertiary/aromatic N) is 3. The number of carbonyl (C=O) groups is 2. The van der Waals surface area contributed by atoms with Crippen LogP contribution in [0.15, 0.2) is 36.4 Å². The molecule has 10 nitrogen and oxygen atoms in total. The molecule has 2 heterocycles. The lowest BCUT2D eigenvalue weighted by molar-refractivity contribution is -0.124. The third-order valence-corrected chi connectivity index (χ3v) is 9.15. The van der Waals surface area contributed by atoms with Gasteiger partial charge in [0.05, 0.1) is 27.2 Å². The Labute approximate surface area is 225 Å². The summed E-state index contributed by atoms with van der Waals surface area (Å²) < 4.78 is 29.0. The van der Waals surface area contributed by atoms with E-state index in [0.29, 0.717) is 40.4 Å². The zero-order chi connectivity index (χ0) is 27.0. The van der Waals surface area contributed by atoms with Crippen LogP contribution in [0.4, 0.5) is 10.5 Å². The molecule has 196 valence electrons. The van der Waals surface area contributed by atoms with Crippen molar-refractivity contribution in [2.45, 2.75) is 30.8 Å². The van der Waals surface area contributed by atoms with Gasteiger partial charge in [-0.3, -0.25) is 4.79 Å². The van der Waals surface area contributed by atoms with Crippen LogP contribution in [0.1, 0.15) is 29.5 Å². The lowest BCUT2D eigenvalue weighted by atomic mass is 9.82. The number of piperidine rings is 1. The number of likely N-dealkylation sites (N-methyl/N-ethyl adjacent to an activating group) is 1. The maximum absolute atomic E-state index is 13.8. The van der Waals surface area contributed by atoms with Gasteiger partial charge in [-0.25, -0.2) is 9.52 Å². The van der Waals surface area contributed by atoms with E-state index < -0.39 is 27.8 Å². The summed E-state index contributed by atoms with van der Waals surface area (Å²) in [5.74, 6) is -0.327. The Morgan fingerprint density at radius 3 is 2.68 bits per heavy atom. The van der Waals surface area contributed by atoms with Crippen molar-refractivity contribution in [3.8, 4) is 6.07 Å². The highest BCUT2D eigenvalue weighted by Gasteiger charge is 2.45. The molecule has 1 fully saturated rings. The van der Waals surface area contributed by atoms with Gasteiger partial charge in [0.25, 0.3) is 0 Å². The number of hydrogen-bond acceptors (Lipinski definition) is 6. The molecular weight excluding hydrogens is 539 g/mol. The standard InChI is InChI=1S/C24H26Cl2N6O4S/c1-28-23(34)30-37(35,36)32-10-4-9-24(14-32,16-6-3-5-15(11-16)13-27)29-22(33)20-12-17-19(31(20)2)8-7-18(25)21(17)26/h3,5-8,11,20H,4,9-10,12,14H2,1-2H3,(H,29,33)(H2,28,30,34). The number of rotatable bonds is 5. The number of anilines is 1. The monoisotopic (exact) mass is 564 g/mol. The van der Waals surface area contributed by atoms with Crippen LogP contribution in [0.2, 0.25) is 10.0 Å². The van der Waals surface area contributed by atoms with E-state index in [1.54, 1.807) is 37.4 Å². The maximum Gasteiger partial charge on any atom is 0.329 e. The number of benzene rings is 2. The molecule has 1 saturated heterocycles. The first kappa shape index (κ1) is 27.0. The zero-order valence-electron chi connectivity index (χ0n) is 20.2. The SMILES string of the molecule is CNC(=O)NS(=O)(=O)N1CCCC(NC(=O)C2Cc3c(ccc(Cl)c3Cl)N2C)(c2cccc(C#N)c2)C1. The first-order valence-corrected chi connectivity index (χ1v) is 13.7. The van der Waals surface area contributed by atoms with Crippen LogP contribution in [-0.2, 0) is 27.0 Å². The van der Waals surface area contributed by atoms with Crippen molar-refractivity contribution in [2.75, 3.05) is 32.1 Å². The van der Waals surface area contributed by atoms with Crippen molar-refractivity contribution in [3.05, 3.63) is 63.1 Å². The van der Waals surface area contributed by atoms with Crippen LogP contribution in [-0.4, -0.2) is 57.9 Å². The van der Waals surface area contributed by atoms with E-state index in [1.165, 1.54) is 7.05 Å². The van der Waals surface area contributed by atoms with Gasteiger partial charge in [0.2, 0.25) is 5.91 Å². The molecule has 4 rings (SSSR count). The quantitative estimate of drug-likeness (QED) is 0.510. The predicted molar refractivity (Wildman–Crippen MR) is 141 cm³/mol. The minimum absolute atomic E-state index is 0.129. The maximum atomic E-state index is 13.8. The fourth-order valence-corrected chi connectivity index (χ4v) is 6.58. The van der Waals surface area contributed by atoms with E-state index in [-0.39, 0.29) is 19.0 Å². The van der Waals surface area contributed by atoms with Gasteiger partial charge in [-0.1, -0.05) is 35.3 Å². The molecule has 3 amide bonds. The molecule has 3 N–H and O–H groups in total. The third kappa shape index (κ3) is 5.20. The molecule has 2 aliphatic heterocycles. The summed E-state index contributed by atoms with van der Waals surface area (Å²) in [4.78, 5) is 27.3. The minimum Gasteiger partial charge on any atom is -0.362 e. The Bertz CT molecular complexity index is 1400. The molecule has 2 aromatic carbocycles. The Hall–Kier alpha value is -3.04. The van der Waals surface area contributed by atoms with Crippen LogP contribution in [0.5, 0.6) is 0 Å². The number of hydrogen-bond donors (Lipinski definition) is 3. The average molecular weight is 565 g/mol. The molecule has 2 aromatic rings. The third-order valence-electron chi connectivity index (χ3n) is 6.87. The topological polar surface area (TPSA) is 135 Å². The second-order valence-electron chi connectivity index (χ2n) is 9.08. The van der Waals surface area contributed by atoms with Crippen molar-refractivity contribution in [3.63, 3.8) is 0 Å². The number of carbonyl (C=O) groups excluding carboxylic acids is 2.